The Kier molecular flexibility index (Phi) is 7.19. The molecular formula is C22H27FN6. The van der Waals surface area contributed by atoms with Gasteiger partial charge in [-0.3, -0.25) is 9.98 Å². The van der Waals surface area contributed by atoms with E-state index in [1.807, 2.05) is 25.2 Å². The van der Waals surface area contributed by atoms with Crippen molar-refractivity contribution in [2.75, 3.05) is 25.0 Å². The number of likely N-dealkylation sites (N-methyl/N-ethyl adjacent to an activating group) is 1. The monoisotopic (exact) mass is 394 g/mol. The molecule has 0 spiro atoms. The summed E-state index contributed by atoms with van der Waals surface area (Å²) in [6, 6.07) is 9.16. The largest absolute Gasteiger partial charge is 0.353 e. The maximum atomic E-state index is 13.2. The minimum atomic E-state index is -0.224. The van der Waals surface area contributed by atoms with Crippen LogP contribution in [0.5, 0.6) is 0 Å². The maximum Gasteiger partial charge on any atom is 0.132 e. The smallest absolute Gasteiger partial charge is 0.132 e. The second-order valence-electron chi connectivity index (χ2n) is 7.20. The van der Waals surface area contributed by atoms with Gasteiger partial charge in [0.25, 0.3) is 0 Å². The molecule has 2 heterocycles. The zero-order valence-corrected chi connectivity index (χ0v) is 16.9. The number of nitrogens with zero attached hydrogens (tertiary/aromatic N) is 5. The highest BCUT2D eigenvalue weighted by Crippen LogP contribution is 2.23. The topological polar surface area (TPSA) is 65.8 Å². The quantitative estimate of drug-likeness (QED) is 0.664. The first-order valence-electron chi connectivity index (χ1n) is 9.76. The van der Waals surface area contributed by atoms with Crippen molar-refractivity contribution in [2.45, 2.75) is 31.7 Å². The molecular weight excluding hydrogens is 367 g/mol. The molecule has 7 heteroatoms. The summed E-state index contributed by atoms with van der Waals surface area (Å²) < 4.78 is 13.2. The van der Waals surface area contributed by atoms with Gasteiger partial charge in [-0.1, -0.05) is 19.1 Å². The number of benzene rings is 1. The molecule has 1 N–H and O–H groups in total. The molecule has 1 saturated heterocycles. The number of halogens is 1. The van der Waals surface area contributed by atoms with E-state index in [0.29, 0.717) is 18.9 Å². The van der Waals surface area contributed by atoms with Crippen LogP contribution in [0.1, 0.15) is 29.9 Å². The molecule has 1 atom stereocenters. The van der Waals surface area contributed by atoms with Gasteiger partial charge in [0, 0.05) is 56.7 Å². The third kappa shape index (κ3) is 5.77. The van der Waals surface area contributed by atoms with Gasteiger partial charge in [-0.15, -0.1) is 0 Å². The molecule has 3 rings (SSSR count). The third-order valence-corrected chi connectivity index (χ3v) is 5.02. The Bertz CT molecular complexity index is 871. The Hall–Kier alpha value is -2.93. The van der Waals surface area contributed by atoms with Crippen molar-refractivity contribution < 1.29 is 4.39 Å². The summed E-state index contributed by atoms with van der Waals surface area (Å²) in [5.41, 5.74) is 2.00. The lowest BCUT2D eigenvalue weighted by molar-refractivity contribution is 0.446. The van der Waals surface area contributed by atoms with Gasteiger partial charge in [0.05, 0.1) is 5.69 Å². The fourth-order valence-electron chi connectivity index (χ4n) is 3.22. The van der Waals surface area contributed by atoms with Crippen molar-refractivity contribution in [1.29, 1.82) is 0 Å². The van der Waals surface area contributed by atoms with Gasteiger partial charge >= 0.3 is 0 Å². The lowest BCUT2D eigenvalue weighted by atomic mass is 9.97. The normalized spacial score (nSPS) is 15.8. The van der Waals surface area contributed by atoms with Gasteiger partial charge in [0.15, 0.2) is 0 Å². The molecule has 1 aromatic heterocycles. The first kappa shape index (κ1) is 20.8. The molecule has 0 unspecified atom stereocenters. The van der Waals surface area contributed by atoms with Crippen LogP contribution in [-0.2, 0) is 12.8 Å². The number of rotatable bonds is 9. The summed E-state index contributed by atoms with van der Waals surface area (Å²) in [6.07, 6.45) is 6.23. The van der Waals surface area contributed by atoms with Crippen LogP contribution in [0, 0.1) is 5.82 Å². The van der Waals surface area contributed by atoms with E-state index in [1.54, 1.807) is 12.4 Å². The molecule has 0 amide bonds. The van der Waals surface area contributed by atoms with Gasteiger partial charge in [0.1, 0.15) is 17.5 Å². The van der Waals surface area contributed by atoms with Crippen molar-refractivity contribution >= 4 is 18.7 Å². The predicted octanol–water partition coefficient (Wildman–Crippen LogP) is 3.16. The number of hydrogen-bond acceptors (Lipinski definition) is 6. The fourth-order valence-corrected chi connectivity index (χ4v) is 3.22. The predicted molar refractivity (Wildman–Crippen MR) is 116 cm³/mol. The van der Waals surface area contributed by atoms with Crippen LogP contribution in [-0.4, -0.2) is 49.1 Å². The van der Waals surface area contributed by atoms with Gasteiger partial charge in [-0.2, -0.15) is 0 Å². The summed E-state index contributed by atoms with van der Waals surface area (Å²) in [5.74, 6) is 1.70. The van der Waals surface area contributed by atoms with Crippen LogP contribution in [0.3, 0.4) is 0 Å². The minimum Gasteiger partial charge on any atom is -0.353 e. The first-order valence-corrected chi connectivity index (χ1v) is 9.76. The average molecular weight is 394 g/mol. The number of anilines is 1. The van der Waals surface area contributed by atoms with Crippen LogP contribution in [0.15, 0.2) is 52.7 Å². The SMILES string of the molecule is C=N/C=C\N=CCc1cc(N2CC(NC)C2)nc(C[C@@H](C)c2ccc(F)cc2)n1. The molecule has 1 fully saturated rings. The summed E-state index contributed by atoms with van der Waals surface area (Å²) in [5, 5.41) is 3.28. The Morgan fingerprint density at radius 2 is 2.03 bits per heavy atom. The Labute approximate surface area is 171 Å². The summed E-state index contributed by atoms with van der Waals surface area (Å²) >= 11 is 0. The van der Waals surface area contributed by atoms with E-state index in [9.17, 15) is 4.39 Å². The number of hydrogen-bond donors (Lipinski definition) is 1. The lowest BCUT2D eigenvalue weighted by Crippen LogP contribution is -2.57. The Morgan fingerprint density at radius 3 is 2.72 bits per heavy atom. The van der Waals surface area contributed by atoms with Gasteiger partial charge in [-0.25, -0.2) is 14.4 Å². The van der Waals surface area contributed by atoms with Gasteiger partial charge in [-0.05, 0) is 37.4 Å². The van der Waals surface area contributed by atoms with Crippen LogP contribution in [0.2, 0.25) is 0 Å². The number of aliphatic imine (C=N–C) groups is 2. The van der Waals surface area contributed by atoms with Crippen molar-refractivity contribution in [2.24, 2.45) is 9.98 Å². The molecule has 0 aliphatic carbocycles. The second kappa shape index (κ2) is 10.0. The summed E-state index contributed by atoms with van der Waals surface area (Å²) in [4.78, 5) is 19.6. The summed E-state index contributed by atoms with van der Waals surface area (Å²) in [6.45, 7) is 7.36. The Morgan fingerprint density at radius 1 is 1.28 bits per heavy atom. The van der Waals surface area contributed by atoms with Crippen molar-refractivity contribution in [3.63, 3.8) is 0 Å². The molecule has 1 aromatic carbocycles. The molecule has 6 nitrogen and oxygen atoms in total. The van der Waals surface area contributed by atoms with E-state index >= 15 is 0 Å². The van der Waals surface area contributed by atoms with E-state index < -0.39 is 0 Å². The molecule has 1 aliphatic heterocycles. The molecule has 1 aliphatic rings. The first-order chi connectivity index (χ1) is 14.1. The Balaban J connectivity index is 1.77. The van der Waals surface area contributed by atoms with E-state index in [2.05, 4.69) is 33.8 Å². The molecule has 0 radical (unpaired) electrons. The average Bonchev–Trinajstić information content (AvgIpc) is 2.67. The maximum absolute atomic E-state index is 13.2. The van der Waals surface area contributed by atoms with Gasteiger partial charge < -0.3 is 10.2 Å². The third-order valence-electron chi connectivity index (χ3n) is 5.02. The molecule has 152 valence electrons. The molecule has 29 heavy (non-hydrogen) atoms. The van der Waals surface area contributed by atoms with Crippen LogP contribution in [0.4, 0.5) is 10.2 Å². The highest BCUT2D eigenvalue weighted by atomic mass is 19.1. The van der Waals surface area contributed by atoms with E-state index in [-0.39, 0.29) is 11.7 Å². The highest BCUT2D eigenvalue weighted by molar-refractivity contribution is 5.62. The summed E-state index contributed by atoms with van der Waals surface area (Å²) in [7, 11) is 1.98. The van der Waals surface area contributed by atoms with Gasteiger partial charge in [0.2, 0.25) is 0 Å². The van der Waals surface area contributed by atoms with Crippen molar-refractivity contribution in [3.8, 4) is 0 Å². The van der Waals surface area contributed by atoms with E-state index in [0.717, 1.165) is 36.0 Å². The molecule has 2 aromatic rings. The van der Waals surface area contributed by atoms with Crippen molar-refractivity contribution in [1.82, 2.24) is 15.3 Å². The zero-order chi connectivity index (χ0) is 20.6. The van der Waals surface area contributed by atoms with Crippen LogP contribution < -0.4 is 10.2 Å². The van der Waals surface area contributed by atoms with Crippen molar-refractivity contribution in [3.05, 3.63) is 65.6 Å². The molecule has 0 bridgehead atoms. The van der Waals surface area contributed by atoms with Crippen LogP contribution in [0.25, 0.3) is 0 Å². The zero-order valence-electron chi connectivity index (χ0n) is 16.9. The lowest BCUT2D eigenvalue weighted by Gasteiger charge is -2.40. The number of aromatic nitrogens is 2. The second-order valence-corrected chi connectivity index (χ2v) is 7.20. The standard InChI is InChI=1S/C22H27FN6/c1-16(17-4-6-18(23)7-5-17)12-21-27-19(8-9-26-11-10-24-2)13-22(28-21)29-14-20(15-29)25-3/h4-7,9-11,13,16,20,25H,2,8,12,14-15H2,1,3H3/b11-10-,26-9?/t16-/m1/s1. The van der Waals surface area contributed by atoms with Crippen LogP contribution >= 0.6 is 0 Å². The fraction of sp³-hybridized carbons (Fsp3) is 0.364. The number of nitrogens with one attached hydrogen (secondary N) is 1. The van der Waals surface area contributed by atoms with E-state index in [1.165, 1.54) is 18.3 Å². The highest BCUT2D eigenvalue weighted by Gasteiger charge is 2.27. The van der Waals surface area contributed by atoms with E-state index in [4.69, 9.17) is 9.97 Å². The molecule has 0 saturated carbocycles. The minimum absolute atomic E-state index is 0.190.